The van der Waals surface area contributed by atoms with Crippen molar-refractivity contribution in [1.82, 2.24) is 9.62 Å². The molecule has 0 saturated carbocycles. The Labute approximate surface area is 148 Å². The van der Waals surface area contributed by atoms with E-state index in [-0.39, 0.29) is 35.7 Å². The molecule has 0 spiro atoms. The van der Waals surface area contributed by atoms with Gasteiger partial charge in [-0.05, 0) is 31.0 Å². The summed E-state index contributed by atoms with van der Waals surface area (Å²) in [7, 11) is -3.70. The topological polar surface area (TPSA) is 116 Å². The molecule has 1 aliphatic rings. The van der Waals surface area contributed by atoms with E-state index in [1.165, 1.54) is 16.4 Å². The van der Waals surface area contributed by atoms with E-state index in [9.17, 15) is 13.2 Å². The predicted octanol–water partition coefficient (Wildman–Crippen LogP) is 0.456. The summed E-state index contributed by atoms with van der Waals surface area (Å²) in [6, 6.07) is 7.85. The van der Waals surface area contributed by atoms with Gasteiger partial charge in [0.05, 0.1) is 22.4 Å². The van der Waals surface area contributed by atoms with Crippen LogP contribution in [-0.2, 0) is 14.8 Å². The van der Waals surface area contributed by atoms with Gasteiger partial charge in [0.2, 0.25) is 15.9 Å². The zero-order valence-corrected chi connectivity index (χ0v) is 14.8. The number of piperidine rings is 1. The minimum absolute atomic E-state index is 0. The molecule has 1 amide bonds. The average molecular weight is 373 g/mol. The van der Waals surface area contributed by atoms with Gasteiger partial charge in [-0.1, -0.05) is 6.07 Å². The Balaban J connectivity index is 0.00000288. The first-order valence-electron chi connectivity index (χ1n) is 7.47. The lowest BCUT2D eigenvalue weighted by Gasteiger charge is -2.31. The number of rotatable bonds is 5. The molecule has 9 heteroatoms. The van der Waals surface area contributed by atoms with Gasteiger partial charge in [-0.15, -0.1) is 12.4 Å². The molecule has 1 saturated heterocycles. The zero-order valence-electron chi connectivity index (χ0n) is 13.1. The highest BCUT2D eigenvalue weighted by molar-refractivity contribution is 7.89. The summed E-state index contributed by atoms with van der Waals surface area (Å²) in [6.07, 6.45) is 1.28. The van der Waals surface area contributed by atoms with Crippen LogP contribution in [0.4, 0.5) is 0 Å². The molecule has 0 bridgehead atoms. The van der Waals surface area contributed by atoms with Crippen molar-refractivity contribution >= 4 is 28.3 Å². The predicted molar refractivity (Wildman–Crippen MR) is 92.0 cm³/mol. The van der Waals surface area contributed by atoms with Crippen molar-refractivity contribution in [3.05, 3.63) is 29.8 Å². The van der Waals surface area contributed by atoms with Crippen LogP contribution in [0.15, 0.2) is 29.2 Å². The van der Waals surface area contributed by atoms with Crippen LogP contribution in [0.25, 0.3) is 0 Å². The molecule has 3 N–H and O–H groups in total. The molecule has 1 aliphatic heterocycles. The number of amides is 1. The molecule has 0 aliphatic carbocycles. The summed E-state index contributed by atoms with van der Waals surface area (Å²) in [5.41, 5.74) is 5.65. The number of hydrogen-bond acceptors (Lipinski definition) is 5. The fourth-order valence-electron chi connectivity index (χ4n) is 2.59. The van der Waals surface area contributed by atoms with E-state index in [1.54, 1.807) is 12.1 Å². The minimum Gasteiger partial charge on any atom is -0.355 e. The molecule has 132 valence electrons. The Morgan fingerprint density at radius 3 is 2.88 bits per heavy atom. The summed E-state index contributed by atoms with van der Waals surface area (Å²) >= 11 is 0. The number of carbonyl (C=O) groups excluding carboxylic acids is 1. The molecular formula is C15H21ClN4O3S. The van der Waals surface area contributed by atoms with Crippen molar-refractivity contribution in [3.8, 4) is 6.07 Å². The Bertz CT molecular complexity index is 718. The van der Waals surface area contributed by atoms with Crippen molar-refractivity contribution in [3.63, 3.8) is 0 Å². The highest BCUT2D eigenvalue weighted by Gasteiger charge is 2.33. The van der Waals surface area contributed by atoms with Crippen molar-refractivity contribution in [2.45, 2.75) is 17.7 Å². The molecule has 1 fully saturated rings. The van der Waals surface area contributed by atoms with Crippen molar-refractivity contribution in [2.75, 3.05) is 26.2 Å². The average Bonchev–Trinajstić information content (AvgIpc) is 2.59. The van der Waals surface area contributed by atoms with E-state index in [4.69, 9.17) is 11.0 Å². The molecule has 1 aromatic rings. The number of hydrogen-bond donors (Lipinski definition) is 2. The summed E-state index contributed by atoms with van der Waals surface area (Å²) in [5.74, 6) is -0.537. The maximum Gasteiger partial charge on any atom is 0.243 e. The second-order valence-electron chi connectivity index (χ2n) is 5.42. The SMILES string of the molecule is Cl.N#Cc1cccc(S(=O)(=O)N2CCCC(C(=O)NCCN)C2)c1. The number of nitrogens with two attached hydrogens (primary N) is 1. The van der Waals surface area contributed by atoms with E-state index in [0.717, 1.165) is 0 Å². The zero-order chi connectivity index (χ0) is 16.9. The summed E-state index contributed by atoms with van der Waals surface area (Å²) in [5, 5.41) is 11.6. The highest BCUT2D eigenvalue weighted by Crippen LogP contribution is 2.24. The van der Waals surface area contributed by atoms with E-state index in [0.29, 0.717) is 38.0 Å². The number of carbonyl (C=O) groups is 1. The Hall–Kier alpha value is -1.66. The van der Waals surface area contributed by atoms with Gasteiger partial charge < -0.3 is 11.1 Å². The second-order valence-corrected chi connectivity index (χ2v) is 7.36. The number of nitrogens with zero attached hydrogens (tertiary/aromatic N) is 2. The van der Waals surface area contributed by atoms with Crippen LogP contribution in [0, 0.1) is 17.2 Å². The molecule has 1 aromatic carbocycles. The lowest BCUT2D eigenvalue weighted by atomic mass is 9.99. The third kappa shape index (κ3) is 4.68. The lowest BCUT2D eigenvalue weighted by Crippen LogP contribution is -2.46. The van der Waals surface area contributed by atoms with Gasteiger partial charge in [0.1, 0.15) is 0 Å². The first kappa shape index (κ1) is 20.4. The monoisotopic (exact) mass is 372 g/mol. The molecule has 1 unspecified atom stereocenters. The Morgan fingerprint density at radius 1 is 1.46 bits per heavy atom. The highest BCUT2D eigenvalue weighted by atomic mass is 35.5. The van der Waals surface area contributed by atoms with E-state index in [2.05, 4.69) is 5.32 Å². The fraction of sp³-hybridized carbons (Fsp3) is 0.467. The van der Waals surface area contributed by atoms with E-state index >= 15 is 0 Å². The maximum absolute atomic E-state index is 12.7. The molecule has 0 aromatic heterocycles. The van der Waals surface area contributed by atoms with Gasteiger partial charge in [0.15, 0.2) is 0 Å². The standard InChI is InChI=1S/C15H20N4O3S.ClH/c16-6-7-18-15(20)13-4-2-8-19(11-13)23(21,22)14-5-1-3-12(9-14)10-17;/h1,3,5,9,13H,2,4,6-8,11,16H2,(H,18,20);1H. The van der Waals surface area contributed by atoms with Crippen LogP contribution in [0.1, 0.15) is 18.4 Å². The third-order valence-electron chi connectivity index (χ3n) is 3.80. The molecule has 1 atom stereocenters. The summed E-state index contributed by atoms with van der Waals surface area (Å²) < 4.78 is 26.7. The van der Waals surface area contributed by atoms with Gasteiger partial charge in [0.25, 0.3) is 0 Å². The summed E-state index contributed by atoms with van der Waals surface area (Å²) in [4.78, 5) is 12.1. The van der Waals surface area contributed by atoms with Crippen LogP contribution < -0.4 is 11.1 Å². The molecule has 7 nitrogen and oxygen atoms in total. The van der Waals surface area contributed by atoms with Crippen molar-refractivity contribution in [2.24, 2.45) is 11.7 Å². The molecular weight excluding hydrogens is 352 g/mol. The molecule has 2 rings (SSSR count). The van der Waals surface area contributed by atoms with Crippen LogP contribution in [-0.4, -0.2) is 44.8 Å². The van der Waals surface area contributed by atoms with Crippen molar-refractivity contribution < 1.29 is 13.2 Å². The first-order valence-corrected chi connectivity index (χ1v) is 8.91. The van der Waals surface area contributed by atoms with Crippen LogP contribution >= 0.6 is 12.4 Å². The largest absolute Gasteiger partial charge is 0.355 e. The molecule has 24 heavy (non-hydrogen) atoms. The first-order chi connectivity index (χ1) is 11.0. The van der Waals surface area contributed by atoms with Gasteiger partial charge in [-0.2, -0.15) is 9.57 Å². The number of nitriles is 1. The third-order valence-corrected chi connectivity index (χ3v) is 5.66. The van der Waals surface area contributed by atoms with E-state index < -0.39 is 10.0 Å². The van der Waals surface area contributed by atoms with Gasteiger partial charge in [0, 0.05) is 26.2 Å². The maximum atomic E-state index is 12.7. The Kier molecular flexibility index (Phi) is 7.63. The van der Waals surface area contributed by atoms with Gasteiger partial charge in [-0.3, -0.25) is 4.79 Å². The molecule has 0 radical (unpaired) electrons. The minimum atomic E-state index is -3.70. The van der Waals surface area contributed by atoms with Gasteiger partial charge >= 0.3 is 0 Å². The number of benzene rings is 1. The number of sulfonamides is 1. The fourth-order valence-corrected chi connectivity index (χ4v) is 4.16. The van der Waals surface area contributed by atoms with Gasteiger partial charge in [-0.25, -0.2) is 8.42 Å². The van der Waals surface area contributed by atoms with E-state index in [1.807, 2.05) is 6.07 Å². The number of halogens is 1. The second kappa shape index (κ2) is 8.99. The lowest BCUT2D eigenvalue weighted by molar-refractivity contribution is -0.126. The molecule has 1 heterocycles. The smallest absolute Gasteiger partial charge is 0.243 e. The van der Waals surface area contributed by atoms with Crippen LogP contribution in [0.2, 0.25) is 0 Å². The quantitative estimate of drug-likeness (QED) is 0.778. The van der Waals surface area contributed by atoms with Crippen LogP contribution in [0.5, 0.6) is 0 Å². The number of nitrogens with one attached hydrogen (secondary N) is 1. The Morgan fingerprint density at radius 2 is 2.21 bits per heavy atom. The normalized spacial score (nSPS) is 18.2. The van der Waals surface area contributed by atoms with Crippen LogP contribution in [0.3, 0.4) is 0 Å². The summed E-state index contributed by atoms with van der Waals surface area (Å²) in [6.45, 7) is 1.25. The van der Waals surface area contributed by atoms with Crippen molar-refractivity contribution in [1.29, 1.82) is 5.26 Å².